The summed E-state index contributed by atoms with van der Waals surface area (Å²) in [5, 5.41) is 7.54. The van der Waals surface area contributed by atoms with Gasteiger partial charge in [0.15, 0.2) is 0 Å². The fraction of sp³-hybridized carbons (Fsp3) is 0.0345. The number of nitrogens with zero attached hydrogens (tertiary/aromatic N) is 1. The molecular weight excluding hydrogens is 711 g/mol. The normalized spacial score (nSPS) is 11.5. The lowest BCUT2D eigenvalue weighted by Gasteiger charge is -2.26. The topological polar surface area (TPSA) is 3.24 Å². The molecule has 0 spiro atoms. The molecule has 0 amide bonds. The van der Waals surface area contributed by atoms with E-state index < -0.39 is 0 Å². The number of aryl methyl sites for hydroxylation is 2. The Kier molecular flexibility index (Phi) is 9.41. The van der Waals surface area contributed by atoms with Crippen molar-refractivity contribution in [1.82, 2.24) is 0 Å². The van der Waals surface area contributed by atoms with E-state index in [-0.39, 0.29) is 0 Å². The standard InChI is InChI=1S/C58H43N/c1-40-12-9-16-49(38-40)59(50-17-10-13-41(2)39-50)48-36-34-47(35-37-48)58-55-21-7-5-19-53(55)57(54-20-6-8-22-56(54)58)46-32-28-43(29-33-46)25-24-42-26-30-45(31-27-42)52-23-11-15-44-14-3-4-18-51(44)52/h3-39H,1-2H3/b25-24+. The molecule has 0 aliphatic carbocycles. The molecule has 0 radical (unpaired) electrons. The molecule has 0 fully saturated rings. The molecule has 0 atom stereocenters. The van der Waals surface area contributed by atoms with Crippen LogP contribution in [0.3, 0.4) is 0 Å². The summed E-state index contributed by atoms with van der Waals surface area (Å²) in [6.45, 7) is 4.31. The van der Waals surface area contributed by atoms with Crippen LogP contribution in [0.15, 0.2) is 212 Å². The zero-order chi connectivity index (χ0) is 39.7. The molecule has 0 unspecified atom stereocenters. The van der Waals surface area contributed by atoms with Crippen molar-refractivity contribution in [1.29, 1.82) is 0 Å². The quantitative estimate of drug-likeness (QED) is 0.110. The fourth-order valence-electron chi connectivity index (χ4n) is 8.71. The lowest BCUT2D eigenvalue weighted by molar-refractivity contribution is 1.26. The van der Waals surface area contributed by atoms with Crippen molar-refractivity contribution in [3.63, 3.8) is 0 Å². The van der Waals surface area contributed by atoms with E-state index in [1.807, 2.05) is 0 Å². The van der Waals surface area contributed by atoms with E-state index >= 15 is 0 Å². The summed E-state index contributed by atoms with van der Waals surface area (Å²) < 4.78 is 0. The summed E-state index contributed by atoms with van der Waals surface area (Å²) in [6.07, 6.45) is 4.41. The number of anilines is 3. The molecule has 0 saturated heterocycles. The SMILES string of the molecule is Cc1cccc(N(c2ccc(-c3c4ccccc4c(-c4ccc(/C=C/c5ccc(-c6cccc7ccccc67)cc5)cc4)c4ccccc34)cc2)c2cccc(C)c2)c1. The van der Waals surface area contributed by atoms with Gasteiger partial charge in [-0.15, -0.1) is 0 Å². The Labute approximate surface area is 346 Å². The van der Waals surface area contributed by atoms with E-state index in [2.05, 4.69) is 243 Å². The van der Waals surface area contributed by atoms with E-state index in [9.17, 15) is 0 Å². The average molecular weight is 754 g/mol. The third kappa shape index (κ3) is 6.98. The summed E-state index contributed by atoms with van der Waals surface area (Å²) in [7, 11) is 0. The van der Waals surface area contributed by atoms with Crippen molar-refractivity contribution in [2.75, 3.05) is 4.90 Å². The highest BCUT2D eigenvalue weighted by atomic mass is 15.1. The van der Waals surface area contributed by atoms with E-state index in [0.717, 1.165) is 17.1 Å². The van der Waals surface area contributed by atoms with Crippen LogP contribution in [0.4, 0.5) is 17.1 Å². The van der Waals surface area contributed by atoms with Crippen LogP contribution in [0.1, 0.15) is 22.3 Å². The van der Waals surface area contributed by atoms with Gasteiger partial charge >= 0.3 is 0 Å². The number of hydrogen-bond acceptors (Lipinski definition) is 1. The third-order valence-electron chi connectivity index (χ3n) is 11.5. The van der Waals surface area contributed by atoms with Crippen molar-refractivity contribution in [3.05, 3.63) is 235 Å². The lowest BCUT2D eigenvalue weighted by Crippen LogP contribution is -2.10. The largest absolute Gasteiger partial charge is 0.310 e. The van der Waals surface area contributed by atoms with Gasteiger partial charge in [0, 0.05) is 17.1 Å². The zero-order valence-corrected chi connectivity index (χ0v) is 33.3. The second kappa shape index (κ2) is 15.5. The Morgan fingerprint density at radius 2 is 0.729 bits per heavy atom. The molecule has 280 valence electrons. The zero-order valence-electron chi connectivity index (χ0n) is 33.3. The third-order valence-corrected chi connectivity index (χ3v) is 11.5. The van der Waals surface area contributed by atoms with Crippen molar-refractivity contribution in [2.45, 2.75) is 13.8 Å². The highest BCUT2D eigenvalue weighted by molar-refractivity contribution is 6.21. The van der Waals surface area contributed by atoms with Gasteiger partial charge in [-0.1, -0.05) is 188 Å². The first-order valence-electron chi connectivity index (χ1n) is 20.4. The van der Waals surface area contributed by atoms with E-state index in [1.54, 1.807) is 0 Å². The first kappa shape index (κ1) is 35.9. The molecule has 0 saturated carbocycles. The second-order valence-electron chi connectivity index (χ2n) is 15.5. The molecule has 0 N–H and O–H groups in total. The van der Waals surface area contributed by atoms with Gasteiger partial charge in [-0.2, -0.15) is 0 Å². The van der Waals surface area contributed by atoms with Gasteiger partial charge in [0.25, 0.3) is 0 Å². The van der Waals surface area contributed by atoms with Crippen molar-refractivity contribution < 1.29 is 0 Å². The maximum atomic E-state index is 2.35. The summed E-state index contributed by atoms with van der Waals surface area (Å²) in [4.78, 5) is 2.35. The minimum absolute atomic E-state index is 1.13. The first-order chi connectivity index (χ1) is 29.1. The smallest absolute Gasteiger partial charge is 0.0464 e. The van der Waals surface area contributed by atoms with Gasteiger partial charge in [-0.25, -0.2) is 0 Å². The van der Waals surface area contributed by atoms with Crippen LogP contribution < -0.4 is 4.90 Å². The molecule has 0 aromatic heterocycles. The van der Waals surface area contributed by atoms with Crippen molar-refractivity contribution in [3.8, 4) is 33.4 Å². The number of fused-ring (bicyclic) bond motifs is 3. The van der Waals surface area contributed by atoms with Crippen molar-refractivity contribution >= 4 is 61.5 Å². The molecule has 0 heterocycles. The van der Waals surface area contributed by atoms with Gasteiger partial charge < -0.3 is 4.90 Å². The molecule has 10 aromatic carbocycles. The number of hydrogen-bond donors (Lipinski definition) is 0. The van der Waals surface area contributed by atoms with Crippen LogP contribution in [0, 0.1) is 13.8 Å². The van der Waals surface area contributed by atoms with Gasteiger partial charge in [0.2, 0.25) is 0 Å². The predicted octanol–water partition coefficient (Wildman–Crippen LogP) is 16.4. The Morgan fingerprint density at radius 3 is 1.22 bits per heavy atom. The first-order valence-corrected chi connectivity index (χ1v) is 20.4. The van der Waals surface area contributed by atoms with Gasteiger partial charge in [0.05, 0.1) is 0 Å². The molecule has 1 nitrogen and oxygen atoms in total. The highest BCUT2D eigenvalue weighted by Crippen LogP contribution is 2.45. The van der Waals surface area contributed by atoms with Gasteiger partial charge in [0.1, 0.15) is 0 Å². The lowest BCUT2D eigenvalue weighted by atomic mass is 9.86. The van der Waals surface area contributed by atoms with Crippen LogP contribution in [0.25, 0.3) is 77.9 Å². The highest BCUT2D eigenvalue weighted by Gasteiger charge is 2.18. The average Bonchev–Trinajstić information content (AvgIpc) is 3.28. The Balaban J connectivity index is 0.982. The summed E-state index contributed by atoms with van der Waals surface area (Å²) in [5.41, 5.74) is 15.7. The van der Waals surface area contributed by atoms with E-state index in [0.29, 0.717) is 0 Å². The molecule has 10 aromatic rings. The van der Waals surface area contributed by atoms with Crippen molar-refractivity contribution in [2.24, 2.45) is 0 Å². The van der Waals surface area contributed by atoms with Crippen LogP contribution in [0.2, 0.25) is 0 Å². The fourth-order valence-corrected chi connectivity index (χ4v) is 8.71. The minimum Gasteiger partial charge on any atom is -0.310 e. The Bertz CT molecular complexity index is 3040. The maximum absolute atomic E-state index is 2.35. The molecule has 0 bridgehead atoms. The number of benzene rings is 10. The summed E-state index contributed by atoms with van der Waals surface area (Å²) in [5.74, 6) is 0. The van der Waals surface area contributed by atoms with Gasteiger partial charge in [-0.3, -0.25) is 0 Å². The van der Waals surface area contributed by atoms with E-state index in [1.165, 1.54) is 88.0 Å². The molecule has 1 heteroatoms. The molecule has 0 aliphatic rings. The monoisotopic (exact) mass is 753 g/mol. The Hall–Kier alpha value is -7.48. The Morgan fingerprint density at radius 1 is 0.322 bits per heavy atom. The summed E-state index contributed by atoms with van der Waals surface area (Å²) in [6, 6.07) is 77.4. The van der Waals surface area contributed by atoms with Gasteiger partial charge in [-0.05, 0) is 138 Å². The van der Waals surface area contributed by atoms with Crippen LogP contribution in [-0.4, -0.2) is 0 Å². The minimum atomic E-state index is 1.13. The molecule has 10 rings (SSSR count). The molecule has 59 heavy (non-hydrogen) atoms. The van der Waals surface area contributed by atoms with E-state index in [4.69, 9.17) is 0 Å². The number of rotatable bonds is 8. The maximum Gasteiger partial charge on any atom is 0.0464 e. The second-order valence-corrected chi connectivity index (χ2v) is 15.5. The van der Waals surface area contributed by atoms with Crippen LogP contribution in [-0.2, 0) is 0 Å². The van der Waals surface area contributed by atoms with Crippen LogP contribution in [0.5, 0.6) is 0 Å². The molecule has 0 aliphatic heterocycles. The molecular formula is C58H43N. The predicted molar refractivity (Wildman–Crippen MR) is 255 cm³/mol. The summed E-state index contributed by atoms with van der Waals surface area (Å²) >= 11 is 0. The van der Waals surface area contributed by atoms with Crippen LogP contribution >= 0.6 is 0 Å².